The molecule has 142 valence electrons. The van der Waals surface area contributed by atoms with Crippen molar-refractivity contribution < 1.29 is 13.9 Å². The predicted octanol–water partition coefficient (Wildman–Crippen LogP) is 4.20. The van der Waals surface area contributed by atoms with E-state index in [1.54, 1.807) is 11.0 Å². The number of halogens is 2. The highest BCUT2D eigenvalue weighted by Gasteiger charge is 2.35. The van der Waals surface area contributed by atoms with Crippen LogP contribution in [0.1, 0.15) is 64.3 Å². The zero-order valence-corrected chi connectivity index (χ0v) is 16.3. The number of hydrogen-bond donors (Lipinski definition) is 2. The smallest absolute Gasteiger partial charge is 0.258 e. The molecule has 0 bridgehead atoms. The van der Waals surface area contributed by atoms with Gasteiger partial charge in [-0.2, -0.15) is 0 Å². The second kappa shape index (κ2) is 7.20. The predicted molar refractivity (Wildman–Crippen MR) is 98.7 cm³/mol. The van der Waals surface area contributed by atoms with Crippen LogP contribution in [0.5, 0.6) is 5.75 Å². The molecule has 5 heteroatoms. The standard InChI is InChI=1S/C20H32F2N2O/c1-19(2,3)13-11-14(17(25)15(12-13)20(4,5)6)16(18(21)22)24-9-7-23-8-10-24/h11-12,16,18,23,25H,7-10H2,1-6H3/t16-/m1/s1. The molecule has 3 nitrogen and oxygen atoms in total. The Labute approximate surface area is 150 Å². The quantitative estimate of drug-likeness (QED) is 0.854. The van der Waals surface area contributed by atoms with E-state index in [-0.39, 0.29) is 16.6 Å². The molecule has 1 aliphatic rings. The summed E-state index contributed by atoms with van der Waals surface area (Å²) in [6.45, 7) is 14.7. The molecule has 0 spiro atoms. The Bertz CT molecular complexity index is 597. The second-order valence-corrected chi connectivity index (χ2v) is 9.03. The summed E-state index contributed by atoms with van der Waals surface area (Å²) >= 11 is 0. The van der Waals surface area contributed by atoms with E-state index in [2.05, 4.69) is 26.1 Å². The first-order valence-electron chi connectivity index (χ1n) is 9.03. The molecule has 1 aromatic rings. The monoisotopic (exact) mass is 354 g/mol. The third kappa shape index (κ3) is 4.50. The molecular formula is C20H32F2N2O. The van der Waals surface area contributed by atoms with E-state index in [1.807, 2.05) is 26.8 Å². The van der Waals surface area contributed by atoms with Gasteiger partial charge in [-0.3, -0.25) is 4.90 Å². The van der Waals surface area contributed by atoms with Crippen molar-refractivity contribution in [2.75, 3.05) is 26.2 Å². The van der Waals surface area contributed by atoms with Crippen LogP contribution in [-0.2, 0) is 10.8 Å². The van der Waals surface area contributed by atoms with Crippen LogP contribution >= 0.6 is 0 Å². The van der Waals surface area contributed by atoms with Gasteiger partial charge in [-0.1, -0.05) is 47.6 Å². The van der Waals surface area contributed by atoms with E-state index in [1.165, 1.54) is 0 Å². The minimum atomic E-state index is -2.55. The topological polar surface area (TPSA) is 35.5 Å². The zero-order valence-electron chi connectivity index (χ0n) is 16.3. The molecular weight excluding hydrogens is 322 g/mol. The Morgan fingerprint density at radius 3 is 2.00 bits per heavy atom. The lowest BCUT2D eigenvalue weighted by Crippen LogP contribution is -2.47. The number of piperazine rings is 1. The van der Waals surface area contributed by atoms with E-state index < -0.39 is 12.5 Å². The molecule has 0 aliphatic carbocycles. The number of nitrogens with one attached hydrogen (secondary N) is 1. The highest BCUT2D eigenvalue weighted by molar-refractivity contribution is 5.50. The van der Waals surface area contributed by atoms with Gasteiger partial charge in [-0.25, -0.2) is 8.78 Å². The summed E-state index contributed by atoms with van der Waals surface area (Å²) in [5, 5.41) is 14.1. The molecule has 1 saturated heterocycles. The molecule has 1 fully saturated rings. The number of benzene rings is 1. The molecule has 0 unspecified atom stereocenters. The fourth-order valence-electron chi connectivity index (χ4n) is 3.34. The Morgan fingerprint density at radius 1 is 1.00 bits per heavy atom. The summed E-state index contributed by atoms with van der Waals surface area (Å²) in [5.74, 6) is 0.0179. The summed E-state index contributed by atoms with van der Waals surface area (Å²) in [6, 6.07) is 2.67. The van der Waals surface area contributed by atoms with E-state index in [0.29, 0.717) is 31.7 Å². The average Bonchev–Trinajstić information content (AvgIpc) is 2.47. The average molecular weight is 354 g/mol. The maximum Gasteiger partial charge on any atom is 0.258 e. The van der Waals surface area contributed by atoms with Crippen molar-refractivity contribution >= 4 is 0 Å². The van der Waals surface area contributed by atoms with Crippen molar-refractivity contribution in [2.24, 2.45) is 0 Å². The number of rotatable bonds is 3. The Hall–Kier alpha value is -1.20. The van der Waals surface area contributed by atoms with Gasteiger partial charge < -0.3 is 10.4 Å². The maximum absolute atomic E-state index is 14.0. The SMILES string of the molecule is CC(C)(C)c1cc([C@H](C(F)F)N2CCNCC2)c(O)c(C(C)(C)C)c1. The van der Waals surface area contributed by atoms with Gasteiger partial charge in [0.25, 0.3) is 6.43 Å². The van der Waals surface area contributed by atoms with Gasteiger partial charge in [0.2, 0.25) is 0 Å². The van der Waals surface area contributed by atoms with E-state index in [0.717, 1.165) is 11.1 Å². The highest BCUT2D eigenvalue weighted by Crippen LogP contribution is 2.42. The second-order valence-electron chi connectivity index (χ2n) is 9.03. The van der Waals surface area contributed by atoms with Gasteiger partial charge in [0.05, 0.1) is 0 Å². The van der Waals surface area contributed by atoms with E-state index >= 15 is 0 Å². The molecule has 0 amide bonds. The van der Waals surface area contributed by atoms with Crippen LogP contribution in [0.4, 0.5) is 8.78 Å². The van der Waals surface area contributed by atoms with Crippen molar-refractivity contribution in [1.82, 2.24) is 10.2 Å². The van der Waals surface area contributed by atoms with Crippen LogP contribution in [0.2, 0.25) is 0 Å². The van der Waals surface area contributed by atoms with Gasteiger partial charge >= 0.3 is 0 Å². The Morgan fingerprint density at radius 2 is 1.56 bits per heavy atom. The summed E-state index contributed by atoms with van der Waals surface area (Å²) in [7, 11) is 0. The molecule has 25 heavy (non-hydrogen) atoms. The minimum Gasteiger partial charge on any atom is -0.507 e. The number of alkyl halides is 2. The first-order valence-corrected chi connectivity index (χ1v) is 9.03. The lowest BCUT2D eigenvalue weighted by atomic mass is 9.78. The van der Waals surface area contributed by atoms with Gasteiger partial charge in [0.15, 0.2) is 0 Å². The van der Waals surface area contributed by atoms with Gasteiger partial charge in [0, 0.05) is 31.7 Å². The first-order chi connectivity index (χ1) is 11.4. The fraction of sp³-hybridized carbons (Fsp3) is 0.700. The van der Waals surface area contributed by atoms with Crippen molar-refractivity contribution in [2.45, 2.75) is 64.8 Å². The minimum absolute atomic E-state index is 0.0179. The van der Waals surface area contributed by atoms with Crippen LogP contribution in [0.15, 0.2) is 12.1 Å². The number of aromatic hydroxyl groups is 1. The molecule has 1 atom stereocenters. The summed E-state index contributed by atoms with van der Waals surface area (Å²) in [5.41, 5.74) is 1.56. The number of phenols is 1. The molecule has 0 radical (unpaired) electrons. The Kier molecular flexibility index (Phi) is 5.79. The third-order valence-corrected chi connectivity index (χ3v) is 4.92. The Balaban J connectivity index is 2.63. The maximum atomic E-state index is 14.0. The molecule has 1 aliphatic heterocycles. The van der Waals surface area contributed by atoms with Crippen LogP contribution in [0, 0.1) is 0 Å². The summed E-state index contributed by atoms with van der Waals surface area (Å²) < 4.78 is 28.1. The number of phenolic OH excluding ortho intramolecular Hbond substituents is 1. The van der Waals surface area contributed by atoms with Gasteiger partial charge in [0.1, 0.15) is 11.8 Å². The lowest BCUT2D eigenvalue weighted by molar-refractivity contribution is 0.0168. The van der Waals surface area contributed by atoms with Gasteiger partial charge in [-0.05, 0) is 28.0 Å². The zero-order chi connectivity index (χ0) is 19.0. The van der Waals surface area contributed by atoms with Crippen LogP contribution in [0.25, 0.3) is 0 Å². The molecule has 2 rings (SSSR count). The van der Waals surface area contributed by atoms with Crippen LogP contribution in [-0.4, -0.2) is 42.6 Å². The lowest BCUT2D eigenvalue weighted by Gasteiger charge is -2.36. The van der Waals surface area contributed by atoms with Crippen molar-refractivity contribution in [1.29, 1.82) is 0 Å². The third-order valence-electron chi connectivity index (χ3n) is 4.92. The molecule has 0 aromatic heterocycles. The highest BCUT2D eigenvalue weighted by atomic mass is 19.3. The van der Waals surface area contributed by atoms with Crippen LogP contribution in [0.3, 0.4) is 0 Å². The largest absolute Gasteiger partial charge is 0.507 e. The van der Waals surface area contributed by atoms with E-state index in [9.17, 15) is 13.9 Å². The fourth-order valence-corrected chi connectivity index (χ4v) is 3.34. The number of hydrogen-bond acceptors (Lipinski definition) is 3. The van der Waals surface area contributed by atoms with Crippen molar-refractivity contribution in [3.8, 4) is 5.75 Å². The summed E-state index contributed by atoms with van der Waals surface area (Å²) in [6.07, 6.45) is -2.55. The van der Waals surface area contributed by atoms with Gasteiger partial charge in [-0.15, -0.1) is 0 Å². The van der Waals surface area contributed by atoms with Crippen molar-refractivity contribution in [3.05, 3.63) is 28.8 Å². The summed E-state index contributed by atoms with van der Waals surface area (Å²) in [4.78, 5) is 1.79. The molecule has 1 heterocycles. The van der Waals surface area contributed by atoms with Crippen LogP contribution < -0.4 is 5.32 Å². The normalized spacial score (nSPS) is 18.6. The molecule has 2 N–H and O–H groups in total. The molecule has 1 aromatic carbocycles. The molecule has 0 saturated carbocycles. The van der Waals surface area contributed by atoms with E-state index in [4.69, 9.17) is 0 Å². The first kappa shape index (κ1) is 20.1. The number of nitrogens with zero attached hydrogens (tertiary/aromatic N) is 1. The van der Waals surface area contributed by atoms with Crippen molar-refractivity contribution in [3.63, 3.8) is 0 Å².